The van der Waals surface area contributed by atoms with Crippen LogP contribution in [0.15, 0.2) is 60.8 Å². The van der Waals surface area contributed by atoms with Gasteiger partial charge in [-0.25, -0.2) is 13.8 Å². The Labute approximate surface area is 206 Å². The Morgan fingerprint density at radius 3 is 2.29 bits per heavy atom. The van der Waals surface area contributed by atoms with Crippen LogP contribution < -0.4 is 0 Å². The van der Waals surface area contributed by atoms with Gasteiger partial charge < -0.3 is 9.64 Å². The topological polar surface area (TPSA) is 45.7 Å². The normalized spacial score (nSPS) is 15.4. The van der Waals surface area contributed by atoms with Crippen LogP contribution in [0.3, 0.4) is 0 Å². The van der Waals surface area contributed by atoms with E-state index in [9.17, 15) is 13.6 Å². The van der Waals surface area contributed by atoms with Crippen molar-refractivity contribution in [3.8, 4) is 0 Å². The van der Waals surface area contributed by atoms with E-state index in [1.165, 1.54) is 18.2 Å². The molecule has 0 saturated carbocycles. The quantitative estimate of drug-likeness (QED) is 0.404. The summed E-state index contributed by atoms with van der Waals surface area (Å²) in [6.45, 7) is 2.55. The molecular weight excluding hydrogens is 483 g/mol. The molecule has 0 spiro atoms. The minimum atomic E-state index is -0.643. The lowest BCUT2D eigenvalue weighted by Gasteiger charge is -2.36. The Morgan fingerprint density at radius 2 is 1.65 bits per heavy atom. The van der Waals surface area contributed by atoms with Gasteiger partial charge in [-0.3, -0.25) is 9.69 Å². The largest absolute Gasteiger partial charge is 0.367 e. The van der Waals surface area contributed by atoms with Crippen molar-refractivity contribution in [2.45, 2.75) is 12.7 Å². The van der Waals surface area contributed by atoms with Crippen molar-refractivity contribution < 1.29 is 18.3 Å². The van der Waals surface area contributed by atoms with Gasteiger partial charge in [0.25, 0.3) is 5.91 Å². The van der Waals surface area contributed by atoms with Crippen molar-refractivity contribution in [1.82, 2.24) is 14.8 Å². The van der Waals surface area contributed by atoms with E-state index in [2.05, 4.69) is 9.88 Å². The average molecular weight is 506 g/mol. The number of aromatic nitrogens is 1. The summed E-state index contributed by atoms with van der Waals surface area (Å²) < 4.78 is 34.2. The Hall–Kier alpha value is -2.58. The minimum absolute atomic E-state index is 0.106. The molecule has 1 aliphatic heterocycles. The molecule has 5 nitrogen and oxygen atoms in total. The van der Waals surface area contributed by atoms with Gasteiger partial charge in [0.05, 0.1) is 18.3 Å². The SMILES string of the molecule is O=C(c1cccnc1Cl)N1CCN(C[C@H](OCc2c(F)cccc2F)c2ccc(Cl)cc2)CC1. The number of benzene rings is 2. The smallest absolute Gasteiger partial charge is 0.257 e. The molecule has 1 saturated heterocycles. The molecule has 0 N–H and O–H groups in total. The van der Waals surface area contributed by atoms with Gasteiger partial charge in [0.1, 0.15) is 16.8 Å². The number of carbonyl (C=O) groups excluding carboxylic acids is 1. The number of nitrogens with zero attached hydrogens (tertiary/aromatic N) is 3. The fraction of sp³-hybridized carbons (Fsp3) is 0.280. The van der Waals surface area contributed by atoms with Crippen LogP contribution in [0.25, 0.3) is 0 Å². The Morgan fingerprint density at radius 1 is 0.971 bits per heavy atom. The summed E-state index contributed by atoms with van der Waals surface area (Å²) in [4.78, 5) is 20.7. The molecule has 1 aliphatic rings. The van der Waals surface area contributed by atoms with Gasteiger partial charge >= 0.3 is 0 Å². The fourth-order valence-electron chi connectivity index (χ4n) is 3.87. The van der Waals surface area contributed by atoms with Crippen LogP contribution in [0, 0.1) is 11.6 Å². The Kier molecular flexibility index (Phi) is 8.11. The second-order valence-corrected chi connectivity index (χ2v) is 8.78. The molecule has 34 heavy (non-hydrogen) atoms. The predicted molar refractivity (Wildman–Crippen MR) is 127 cm³/mol. The van der Waals surface area contributed by atoms with E-state index in [1.807, 2.05) is 12.1 Å². The summed E-state index contributed by atoms with van der Waals surface area (Å²) in [6.07, 6.45) is 1.10. The van der Waals surface area contributed by atoms with E-state index < -0.39 is 17.7 Å². The van der Waals surface area contributed by atoms with E-state index in [-0.39, 0.29) is 23.2 Å². The molecule has 0 aliphatic carbocycles. The number of carbonyl (C=O) groups is 1. The Balaban J connectivity index is 1.42. The van der Waals surface area contributed by atoms with Gasteiger partial charge in [-0.2, -0.15) is 0 Å². The molecule has 2 aromatic carbocycles. The number of piperazine rings is 1. The van der Waals surface area contributed by atoms with Crippen molar-refractivity contribution in [1.29, 1.82) is 0 Å². The maximum atomic E-state index is 14.1. The molecule has 1 fully saturated rings. The summed E-state index contributed by atoms with van der Waals surface area (Å²) in [5.41, 5.74) is 1.12. The van der Waals surface area contributed by atoms with Crippen LogP contribution >= 0.6 is 23.2 Å². The van der Waals surface area contributed by atoms with E-state index in [0.717, 1.165) is 5.56 Å². The number of hydrogen-bond acceptors (Lipinski definition) is 4. The third-order valence-corrected chi connectivity index (χ3v) is 6.36. The lowest BCUT2D eigenvalue weighted by atomic mass is 10.1. The predicted octanol–water partition coefficient (Wildman–Crippen LogP) is 5.38. The van der Waals surface area contributed by atoms with Crippen LogP contribution in [0.4, 0.5) is 8.78 Å². The Bertz CT molecular complexity index is 1120. The van der Waals surface area contributed by atoms with E-state index >= 15 is 0 Å². The maximum Gasteiger partial charge on any atom is 0.257 e. The summed E-state index contributed by atoms with van der Waals surface area (Å²) in [5.74, 6) is -1.44. The fourth-order valence-corrected chi connectivity index (χ4v) is 4.20. The average Bonchev–Trinajstić information content (AvgIpc) is 2.84. The molecule has 1 aromatic heterocycles. The number of amides is 1. The molecule has 9 heteroatoms. The van der Waals surface area contributed by atoms with Crippen LogP contribution in [0.5, 0.6) is 0 Å². The molecule has 0 radical (unpaired) electrons. The van der Waals surface area contributed by atoms with Gasteiger partial charge in [0, 0.05) is 49.5 Å². The zero-order chi connectivity index (χ0) is 24.1. The van der Waals surface area contributed by atoms with Crippen molar-refractivity contribution in [3.63, 3.8) is 0 Å². The molecule has 2 heterocycles. The van der Waals surface area contributed by atoms with E-state index in [1.54, 1.807) is 35.4 Å². The molecule has 0 unspecified atom stereocenters. The first-order valence-corrected chi connectivity index (χ1v) is 11.6. The number of pyridine rings is 1. The molecule has 0 bridgehead atoms. The molecule has 1 amide bonds. The highest BCUT2D eigenvalue weighted by atomic mass is 35.5. The standard InChI is InChI=1S/C25H23Cl2F2N3O2/c26-18-8-6-17(7-9-18)23(34-16-20-21(28)4-1-5-22(20)29)15-31-11-13-32(14-12-31)25(33)19-3-2-10-30-24(19)27/h1-10,23H,11-16H2/t23-/m0/s1. The second kappa shape index (κ2) is 11.2. The van der Waals surface area contributed by atoms with Gasteiger partial charge in [-0.15, -0.1) is 0 Å². The summed E-state index contributed by atoms with van der Waals surface area (Å²) >= 11 is 12.1. The third kappa shape index (κ3) is 5.91. The molecule has 178 valence electrons. The summed E-state index contributed by atoms with van der Waals surface area (Å²) in [5, 5.41) is 0.773. The maximum absolute atomic E-state index is 14.1. The van der Waals surface area contributed by atoms with Crippen LogP contribution in [0.2, 0.25) is 10.2 Å². The van der Waals surface area contributed by atoms with Gasteiger partial charge in [-0.05, 0) is 42.0 Å². The number of hydrogen-bond donors (Lipinski definition) is 0. The first-order valence-electron chi connectivity index (χ1n) is 10.8. The highest BCUT2D eigenvalue weighted by Gasteiger charge is 2.26. The molecule has 1 atom stereocenters. The molecular formula is C25H23Cl2F2N3O2. The summed E-state index contributed by atoms with van der Waals surface area (Å²) in [7, 11) is 0. The number of halogens is 4. The van der Waals surface area contributed by atoms with Crippen molar-refractivity contribution >= 4 is 29.1 Å². The van der Waals surface area contributed by atoms with Crippen LogP contribution in [-0.4, -0.2) is 53.4 Å². The highest BCUT2D eigenvalue weighted by Crippen LogP contribution is 2.25. The number of rotatable bonds is 7. The van der Waals surface area contributed by atoms with E-state index in [4.69, 9.17) is 27.9 Å². The lowest BCUT2D eigenvalue weighted by Crippen LogP contribution is -2.49. The highest BCUT2D eigenvalue weighted by molar-refractivity contribution is 6.32. The second-order valence-electron chi connectivity index (χ2n) is 7.99. The zero-order valence-electron chi connectivity index (χ0n) is 18.3. The zero-order valence-corrected chi connectivity index (χ0v) is 19.8. The molecule has 3 aromatic rings. The van der Waals surface area contributed by atoms with E-state index in [0.29, 0.717) is 43.3 Å². The van der Waals surface area contributed by atoms with Gasteiger partial charge in [-0.1, -0.05) is 41.4 Å². The van der Waals surface area contributed by atoms with Crippen LogP contribution in [0.1, 0.15) is 27.6 Å². The van der Waals surface area contributed by atoms with Gasteiger partial charge in [0.15, 0.2) is 0 Å². The minimum Gasteiger partial charge on any atom is -0.367 e. The summed E-state index contributed by atoms with van der Waals surface area (Å²) in [6, 6.07) is 14.3. The van der Waals surface area contributed by atoms with Gasteiger partial charge in [0.2, 0.25) is 0 Å². The monoisotopic (exact) mass is 505 g/mol. The number of ether oxygens (including phenoxy) is 1. The van der Waals surface area contributed by atoms with Crippen molar-refractivity contribution in [2.24, 2.45) is 0 Å². The van der Waals surface area contributed by atoms with Crippen LogP contribution in [-0.2, 0) is 11.3 Å². The third-order valence-electron chi connectivity index (χ3n) is 5.81. The molecule has 4 rings (SSSR count). The first kappa shape index (κ1) is 24.5. The lowest BCUT2D eigenvalue weighted by molar-refractivity contribution is 0.00144. The van der Waals surface area contributed by atoms with Crippen molar-refractivity contribution in [3.05, 3.63) is 99.3 Å². The van der Waals surface area contributed by atoms with Crippen molar-refractivity contribution in [2.75, 3.05) is 32.7 Å². The first-order chi connectivity index (χ1) is 16.4.